The molecule has 1 saturated heterocycles. The van der Waals surface area contributed by atoms with Crippen LogP contribution in [-0.4, -0.2) is 42.5 Å². The van der Waals surface area contributed by atoms with Crippen LogP contribution in [0.2, 0.25) is 0 Å². The smallest absolute Gasteiger partial charge is 0.255 e. The third-order valence-corrected chi connectivity index (χ3v) is 6.81. The van der Waals surface area contributed by atoms with Gasteiger partial charge in [-0.2, -0.15) is 0 Å². The minimum Gasteiger partial charge on any atom is -0.449 e. The molecular weight excluding hydrogens is 354 g/mol. The van der Waals surface area contributed by atoms with Gasteiger partial charge in [-0.15, -0.1) is 0 Å². The molecule has 0 atom stereocenters. The van der Waals surface area contributed by atoms with Gasteiger partial charge in [0.25, 0.3) is 5.91 Å². The van der Waals surface area contributed by atoms with Gasteiger partial charge >= 0.3 is 0 Å². The van der Waals surface area contributed by atoms with Gasteiger partial charge in [0.05, 0.1) is 22.7 Å². The molecule has 0 spiro atoms. The van der Waals surface area contributed by atoms with Gasteiger partial charge in [0.2, 0.25) is 10.0 Å². The summed E-state index contributed by atoms with van der Waals surface area (Å²) in [6.45, 7) is 1.19. The molecule has 2 aliphatic rings. The van der Waals surface area contributed by atoms with Crippen LogP contribution in [0.4, 0.5) is 5.69 Å². The molecule has 1 aromatic heterocycles. The van der Waals surface area contributed by atoms with E-state index in [2.05, 4.69) is 9.71 Å². The molecule has 0 radical (unpaired) electrons. The summed E-state index contributed by atoms with van der Waals surface area (Å²) in [4.78, 5) is 18.9. The van der Waals surface area contributed by atoms with Crippen LogP contribution < -0.4 is 4.72 Å². The number of aromatic nitrogens is 1. The highest BCUT2D eigenvalue weighted by Crippen LogP contribution is 2.32. The van der Waals surface area contributed by atoms with Crippen molar-refractivity contribution in [3.63, 3.8) is 0 Å². The van der Waals surface area contributed by atoms with Crippen LogP contribution in [0.25, 0.3) is 0 Å². The molecule has 138 valence electrons. The van der Waals surface area contributed by atoms with E-state index >= 15 is 0 Å². The lowest BCUT2D eigenvalue weighted by molar-refractivity contribution is 0.0707. The molecule has 2 aromatic rings. The third-order valence-electron chi connectivity index (χ3n) is 4.96. The molecule has 1 saturated carbocycles. The second-order valence-corrected chi connectivity index (χ2v) is 8.79. The van der Waals surface area contributed by atoms with E-state index < -0.39 is 10.0 Å². The first kappa shape index (κ1) is 17.1. The zero-order valence-electron chi connectivity index (χ0n) is 14.3. The van der Waals surface area contributed by atoms with E-state index in [0.717, 1.165) is 18.7 Å². The number of para-hydroxylation sites is 1. The van der Waals surface area contributed by atoms with Crippen LogP contribution in [0.5, 0.6) is 0 Å². The van der Waals surface area contributed by atoms with Gasteiger partial charge in [0, 0.05) is 19.0 Å². The molecule has 26 heavy (non-hydrogen) atoms. The zero-order chi connectivity index (χ0) is 18.1. The van der Waals surface area contributed by atoms with Crippen LogP contribution >= 0.6 is 0 Å². The summed E-state index contributed by atoms with van der Waals surface area (Å²) in [6.07, 6.45) is 6.12. The first-order valence-electron chi connectivity index (χ1n) is 8.84. The van der Waals surface area contributed by atoms with E-state index in [0.29, 0.717) is 37.2 Å². The molecular formula is C18H21N3O4S. The molecule has 1 N–H and O–H groups in total. The molecule has 1 aromatic carbocycles. The lowest BCUT2D eigenvalue weighted by atomic mass is 9.96. The molecule has 0 unspecified atom stereocenters. The van der Waals surface area contributed by atoms with Crippen molar-refractivity contribution in [2.24, 2.45) is 0 Å². The fourth-order valence-corrected chi connectivity index (χ4v) is 4.72. The monoisotopic (exact) mass is 375 g/mol. The van der Waals surface area contributed by atoms with Crippen LogP contribution in [-0.2, 0) is 10.0 Å². The topological polar surface area (TPSA) is 92.5 Å². The van der Waals surface area contributed by atoms with Crippen molar-refractivity contribution in [1.82, 2.24) is 9.88 Å². The van der Waals surface area contributed by atoms with Gasteiger partial charge in [-0.3, -0.25) is 9.52 Å². The quantitative estimate of drug-likeness (QED) is 0.867. The Hall–Kier alpha value is -2.35. The number of carbonyl (C=O) groups excluding carboxylic acids is 1. The van der Waals surface area contributed by atoms with E-state index in [9.17, 15) is 13.2 Å². The van der Waals surface area contributed by atoms with Gasteiger partial charge in [0.15, 0.2) is 5.89 Å². The fraction of sp³-hybridized carbons (Fsp3) is 0.444. The van der Waals surface area contributed by atoms with Gasteiger partial charge in [0.1, 0.15) is 6.26 Å². The van der Waals surface area contributed by atoms with Crippen molar-refractivity contribution in [2.75, 3.05) is 17.8 Å². The fourth-order valence-electron chi connectivity index (χ4n) is 3.31. The third kappa shape index (κ3) is 3.46. The average Bonchev–Trinajstić information content (AvgIpc) is 3.38. The lowest BCUT2D eigenvalue weighted by Gasteiger charge is -2.31. The highest BCUT2D eigenvalue weighted by molar-refractivity contribution is 7.93. The number of nitrogens with zero attached hydrogens (tertiary/aromatic N) is 2. The van der Waals surface area contributed by atoms with Gasteiger partial charge in [-0.1, -0.05) is 12.1 Å². The maximum absolute atomic E-state index is 12.9. The van der Waals surface area contributed by atoms with E-state index in [1.807, 2.05) is 0 Å². The van der Waals surface area contributed by atoms with E-state index in [-0.39, 0.29) is 17.1 Å². The number of benzene rings is 1. The van der Waals surface area contributed by atoms with Crippen molar-refractivity contribution >= 4 is 21.6 Å². The van der Waals surface area contributed by atoms with Crippen molar-refractivity contribution in [2.45, 2.75) is 36.9 Å². The van der Waals surface area contributed by atoms with Crippen molar-refractivity contribution in [1.29, 1.82) is 0 Å². The molecule has 1 aliphatic heterocycles. The first-order chi connectivity index (χ1) is 12.5. The van der Waals surface area contributed by atoms with Crippen LogP contribution in [0, 0.1) is 0 Å². The highest BCUT2D eigenvalue weighted by atomic mass is 32.2. The summed E-state index contributed by atoms with van der Waals surface area (Å²) in [6, 6.07) is 6.80. The molecule has 2 fully saturated rings. The van der Waals surface area contributed by atoms with Crippen LogP contribution in [0.1, 0.15) is 47.8 Å². The van der Waals surface area contributed by atoms with Gasteiger partial charge < -0.3 is 9.32 Å². The predicted octanol–water partition coefficient (Wildman–Crippen LogP) is 2.60. The number of hydrogen-bond acceptors (Lipinski definition) is 5. The number of anilines is 1. The number of likely N-dealkylation sites (tertiary alicyclic amines) is 1. The van der Waals surface area contributed by atoms with E-state index in [1.54, 1.807) is 41.6 Å². The number of sulfonamides is 1. The zero-order valence-corrected chi connectivity index (χ0v) is 15.1. The average molecular weight is 375 g/mol. The summed E-state index contributed by atoms with van der Waals surface area (Å²) in [7, 11) is -3.41. The number of piperidine rings is 1. The molecule has 0 bridgehead atoms. The number of rotatable bonds is 5. The lowest BCUT2D eigenvalue weighted by Crippen LogP contribution is -2.38. The first-order valence-corrected chi connectivity index (χ1v) is 10.4. The van der Waals surface area contributed by atoms with Crippen LogP contribution in [0.15, 0.2) is 41.1 Å². The SMILES string of the molecule is O=C(c1ccccc1NS(=O)(=O)C1CC1)N1CCC(c2ncco2)CC1. The largest absolute Gasteiger partial charge is 0.449 e. The normalized spacial score (nSPS) is 18.7. The number of amides is 1. The van der Waals surface area contributed by atoms with Crippen molar-refractivity contribution in [3.05, 3.63) is 48.2 Å². The number of hydrogen-bond donors (Lipinski definition) is 1. The minimum absolute atomic E-state index is 0.148. The number of nitrogens with one attached hydrogen (secondary N) is 1. The molecule has 2 heterocycles. The Morgan fingerprint density at radius 1 is 1.15 bits per heavy atom. The van der Waals surface area contributed by atoms with Gasteiger partial charge in [-0.05, 0) is 37.8 Å². The van der Waals surface area contributed by atoms with Crippen molar-refractivity contribution < 1.29 is 17.6 Å². The Labute approximate surface area is 152 Å². The standard InChI is InChI=1S/C18H21N3O4S/c22-18(21-10-7-13(8-11-21)17-19-9-12-25-17)15-3-1-2-4-16(15)20-26(23,24)14-5-6-14/h1-4,9,12-14,20H,5-8,10-11H2. The molecule has 4 rings (SSSR count). The maximum Gasteiger partial charge on any atom is 0.255 e. The van der Waals surface area contributed by atoms with Crippen LogP contribution in [0.3, 0.4) is 0 Å². The Balaban J connectivity index is 1.47. The summed E-state index contributed by atoms with van der Waals surface area (Å²) in [5, 5.41) is -0.331. The summed E-state index contributed by atoms with van der Waals surface area (Å²) in [5.41, 5.74) is 0.755. The summed E-state index contributed by atoms with van der Waals surface area (Å²) < 4.78 is 32.4. The predicted molar refractivity (Wildman–Crippen MR) is 96.4 cm³/mol. The number of oxazole rings is 1. The second-order valence-electron chi connectivity index (χ2n) is 6.83. The van der Waals surface area contributed by atoms with Crippen molar-refractivity contribution in [3.8, 4) is 0 Å². The molecule has 1 amide bonds. The summed E-state index contributed by atoms with van der Waals surface area (Å²) >= 11 is 0. The maximum atomic E-state index is 12.9. The number of carbonyl (C=O) groups is 1. The van der Waals surface area contributed by atoms with E-state index in [1.165, 1.54) is 0 Å². The molecule has 1 aliphatic carbocycles. The Kier molecular flexibility index (Phi) is 4.44. The second kappa shape index (κ2) is 6.75. The summed E-state index contributed by atoms with van der Waals surface area (Å²) in [5.74, 6) is 0.789. The van der Waals surface area contributed by atoms with Gasteiger partial charge in [-0.25, -0.2) is 13.4 Å². The Morgan fingerprint density at radius 3 is 2.54 bits per heavy atom. The highest BCUT2D eigenvalue weighted by Gasteiger charge is 2.36. The minimum atomic E-state index is -3.41. The molecule has 8 heteroatoms. The Bertz CT molecular complexity index is 883. The van der Waals surface area contributed by atoms with E-state index in [4.69, 9.17) is 4.42 Å². The molecule has 7 nitrogen and oxygen atoms in total. The Morgan fingerprint density at radius 2 is 1.88 bits per heavy atom.